The molecular weight excluding hydrogens is 645 g/mol. The van der Waals surface area contributed by atoms with Gasteiger partial charge in [0, 0.05) is 45.3 Å². The maximum Gasteiger partial charge on any atom is 0.549 e. The summed E-state index contributed by atoms with van der Waals surface area (Å²) in [6.45, 7) is 12.8. The van der Waals surface area contributed by atoms with Crippen molar-refractivity contribution in [3.63, 3.8) is 0 Å². The van der Waals surface area contributed by atoms with Crippen molar-refractivity contribution in [2.75, 3.05) is 14.2 Å². The van der Waals surface area contributed by atoms with E-state index < -0.39 is 49.3 Å². The number of hydrogen-bond acceptors (Lipinski definition) is 13. The molecule has 2 saturated carbocycles. The maximum atomic E-state index is 13.2. The number of oxime groups is 1. The summed E-state index contributed by atoms with van der Waals surface area (Å²) in [6, 6.07) is 0. The van der Waals surface area contributed by atoms with Gasteiger partial charge in [-0.2, -0.15) is 0 Å². The second-order valence-corrected chi connectivity index (χ2v) is 18.2. The Labute approximate surface area is 283 Å². The third-order valence-corrected chi connectivity index (χ3v) is 15.1. The van der Waals surface area contributed by atoms with Crippen LogP contribution in [0.4, 0.5) is 0 Å². The van der Waals surface area contributed by atoms with Gasteiger partial charge in [0.05, 0.1) is 11.8 Å². The highest BCUT2D eigenvalue weighted by Gasteiger charge is 2.71. The first-order valence-corrected chi connectivity index (χ1v) is 19.6. The van der Waals surface area contributed by atoms with Crippen LogP contribution in [0.25, 0.3) is 0 Å². The number of ether oxygens (including phenoxy) is 4. The van der Waals surface area contributed by atoms with Crippen LogP contribution in [0.5, 0.6) is 0 Å². The predicted octanol–water partition coefficient (Wildman–Crippen LogP) is 6.65. The van der Waals surface area contributed by atoms with Crippen LogP contribution in [0.15, 0.2) is 5.16 Å². The largest absolute Gasteiger partial charge is 0.549 e. The van der Waals surface area contributed by atoms with E-state index in [0.717, 1.165) is 44.9 Å². The van der Waals surface area contributed by atoms with E-state index in [0.29, 0.717) is 30.4 Å². The average Bonchev–Trinajstić information content (AvgIpc) is 3.44. The molecule has 0 amide bonds. The Morgan fingerprint density at radius 3 is 1.77 bits per heavy atom. The highest BCUT2D eigenvalue weighted by Crippen LogP contribution is 2.63. The third kappa shape index (κ3) is 5.00. The fourth-order valence-electron chi connectivity index (χ4n) is 11.2. The molecule has 4 bridgehead atoms. The molecule has 10 rings (SSSR count). The molecule has 0 radical (unpaired) electrons. The molecule has 13 nitrogen and oxygen atoms in total. The molecule has 16 atom stereocenters. The van der Waals surface area contributed by atoms with Gasteiger partial charge in [-0.15, -0.1) is 0 Å². The molecule has 2 aliphatic carbocycles. The summed E-state index contributed by atoms with van der Waals surface area (Å²) in [4.78, 5) is 24.8. The zero-order valence-corrected chi connectivity index (χ0v) is 30.5. The lowest BCUT2D eigenvalue weighted by Gasteiger charge is -2.61. The smallest absolute Gasteiger partial charge is 0.345 e. The summed E-state index contributed by atoms with van der Waals surface area (Å²) in [7, 11) is -1.41. The highest BCUT2D eigenvalue weighted by atomic mass is 31.2. The first-order chi connectivity index (χ1) is 22.8. The molecule has 272 valence electrons. The summed E-state index contributed by atoms with van der Waals surface area (Å²) >= 11 is 0. The van der Waals surface area contributed by atoms with E-state index >= 15 is 0 Å². The minimum atomic E-state index is -3.96. The fraction of sp³-hybridized carbons (Fsp3) is 0.971. The topological polar surface area (TPSA) is 131 Å². The summed E-state index contributed by atoms with van der Waals surface area (Å²) in [6.07, 6.45) is 5.58. The van der Waals surface area contributed by atoms with Crippen molar-refractivity contribution < 1.29 is 56.7 Å². The van der Waals surface area contributed by atoms with E-state index in [1.165, 1.54) is 14.2 Å². The zero-order valence-electron chi connectivity index (χ0n) is 29.6. The predicted molar refractivity (Wildman–Crippen MR) is 168 cm³/mol. The monoisotopic (exact) mass is 699 g/mol. The Morgan fingerprint density at radius 1 is 0.708 bits per heavy atom. The van der Waals surface area contributed by atoms with Gasteiger partial charge in [0.25, 0.3) is 0 Å². The number of nitrogens with zero attached hydrogens (tertiary/aromatic N) is 1. The third-order valence-electron chi connectivity index (χ3n) is 13.9. The molecule has 0 N–H and O–H groups in total. The van der Waals surface area contributed by atoms with Crippen LogP contribution in [0.2, 0.25) is 0 Å². The first-order valence-electron chi connectivity index (χ1n) is 18.2. The highest BCUT2D eigenvalue weighted by molar-refractivity contribution is 7.48. The Morgan fingerprint density at radius 2 is 1.23 bits per heavy atom. The number of phosphoric acid groups is 1. The quantitative estimate of drug-likeness (QED) is 0.122. The Bertz CT molecular complexity index is 1330. The van der Waals surface area contributed by atoms with Gasteiger partial charge in [-0.25, -0.2) is 24.1 Å². The van der Waals surface area contributed by atoms with Crippen molar-refractivity contribution in [2.24, 2.45) is 52.5 Å². The lowest BCUT2D eigenvalue weighted by molar-refractivity contribution is -0.571. The summed E-state index contributed by atoms with van der Waals surface area (Å²) < 4.78 is 56.2. The molecule has 0 aromatic heterocycles. The maximum absolute atomic E-state index is 13.2. The number of rotatable bonds is 7. The second kappa shape index (κ2) is 11.9. The van der Waals surface area contributed by atoms with Crippen LogP contribution >= 0.6 is 7.82 Å². The van der Waals surface area contributed by atoms with Crippen LogP contribution in [0.1, 0.15) is 99.3 Å². The van der Waals surface area contributed by atoms with Crippen LogP contribution in [-0.4, -0.2) is 67.5 Å². The summed E-state index contributed by atoms with van der Waals surface area (Å²) in [5.74, 6) is -0.250. The Hall–Kier alpha value is -0.700. The van der Waals surface area contributed by atoms with Crippen molar-refractivity contribution in [2.45, 2.75) is 147 Å². The normalized spacial score (nSPS) is 54.5. The molecule has 48 heavy (non-hydrogen) atoms. The number of fused-ring (bicyclic) bond motifs is 4. The minimum absolute atomic E-state index is 0.0543. The standard InChI is InChI=1S/C34H54NO12P/c1-18-9-11-24-20(3)27(39-29-33(24)22(18)13-15-31(5,41-29)43-45-33)17-26(35-47-48(36,37-7)38-8)28-21(4)25-12-10-19(2)23-14-16-32(6)42-30(40-28)34(23,25)46-44-32/h18-25,27-30H,9-17H2,1-8H3/b35-26-/t18-,19-,20-,21-,22+,23+,24+,25+,27-,28+,29-,30-,31+,32+,33-,34-/m1/s1. The van der Waals surface area contributed by atoms with Crippen molar-refractivity contribution in [3.8, 4) is 0 Å². The van der Waals surface area contributed by atoms with E-state index in [1.54, 1.807) is 0 Å². The second-order valence-electron chi connectivity index (χ2n) is 16.5. The van der Waals surface area contributed by atoms with E-state index in [2.05, 4.69) is 32.9 Å². The number of phosphoric ester groups is 1. The van der Waals surface area contributed by atoms with Gasteiger partial charge in [0.2, 0.25) is 11.6 Å². The van der Waals surface area contributed by atoms with Crippen molar-refractivity contribution in [1.29, 1.82) is 0 Å². The number of hydrogen-bond donors (Lipinski definition) is 0. The van der Waals surface area contributed by atoms with E-state index in [9.17, 15) is 4.57 Å². The molecule has 0 aromatic carbocycles. The van der Waals surface area contributed by atoms with Crippen molar-refractivity contribution >= 4 is 13.5 Å². The van der Waals surface area contributed by atoms with Gasteiger partial charge < -0.3 is 18.9 Å². The van der Waals surface area contributed by atoms with Crippen molar-refractivity contribution in [3.05, 3.63) is 0 Å². The van der Waals surface area contributed by atoms with Gasteiger partial charge in [-0.3, -0.25) is 13.7 Å². The molecule has 8 saturated heterocycles. The van der Waals surface area contributed by atoms with Gasteiger partial charge in [-0.05, 0) is 87.9 Å². The lowest BCUT2D eigenvalue weighted by atomic mass is 9.56. The van der Waals surface area contributed by atoms with Crippen LogP contribution in [0.3, 0.4) is 0 Å². The van der Waals surface area contributed by atoms with E-state index in [4.69, 9.17) is 52.2 Å². The molecule has 8 aliphatic heterocycles. The minimum Gasteiger partial charge on any atom is -0.345 e. The van der Waals surface area contributed by atoms with Gasteiger partial charge in [-0.1, -0.05) is 32.9 Å². The Balaban J connectivity index is 1.14. The van der Waals surface area contributed by atoms with Gasteiger partial charge >= 0.3 is 7.82 Å². The molecule has 2 spiro atoms. The van der Waals surface area contributed by atoms with Crippen LogP contribution < -0.4 is 0 Å². The molecule has 14 heteroatoms. The fourth-order valence-corrected chi connectivity index (χ4v) is 11.6. The van der Waals surface area contributed by atoms with Crippen molar-refractivity contribution in [1.82, 2.24) is 0 Å². The average molecular weight is 700 g/mol. The molecule has 10 aliphatic rings. The van der Waals surface area contributed by atoms with Crippen LogP contribution in [-0.2, 0) is 56.7 Å². The van der Waals surface area contributed by atoms with Crippen LogP contribution in [0, 0.1) is 47.3 Å². The zero-order chi connectivity index (χ0) is 33.9. The summed E-state index contributed by atoms with van der Waals surface area (Å²) in [5.41, 5.74) is -0.875. The molecule has 0 aromatic rings. The lowest BCUT2D eigenvalue weighted by Crippen LogP contribution is -2.71. The van der Waals surface area contributed by atoms with E-state index in [1.807, 2.05) is 13.8 Å². The molecule has 0 unspecified atom stereocenters. The molecule has 10 fully saturated rings. The molecule has 8 heterocycles. The SMILES string of the molecule is COP(=O)(OC)O/N=C(/C[C@H]1O[C@@H]2O[C@]3(C)CC[C@H]4[C@H](C)CC[C@@H]([C@H]1C)[C@@]24OO3)[C@H]1O[C@@H]2O[C@]3(C)CC[C@H]4[C@H](C)CC[C@@H]([C@H]1C)[C@@]24OO3. The van der Waals surface area contributed by atoms with Gasteiger partial charge in [0.1, 0.15) is 6.10 Å². The Kier molecular flexibility index (Phi) is 8.54. The van der Waals surface area contributed by atoms with Gasteiger partial charge in [0.15, 0.2) is 23.8 Å². The first kappa shape index (κ1) is 34.4. The molecular formula is C34H54NO12P. The van der Waals surface area contributed by atoms with E-state index in [-0.39, 0.29) is 41.6 Å². The summed E-state index contributed by atoms with van der Waals surface area (Å²) in [5, 5.41) is 4.55.